The smallest absolute Gasteiger partial charge is 0.166 e. The number of rotatable bonds is 4. The zero-order valence-corrected chi connectivity index (χ0v) is 28.4. The maximum atomic E-state index is 14.0. The molecule has 0 saturated carbocycles. The Morgan fingerprint density at radius 2 is 0.893 bits per heavy atom. The molecule has 284 valence electrons. The van der Waals surface area contributed by atoms with Gasteiger partial charge in [0.15, 0.2) is 0 Å². The van der Waals surface area contributed by atoms with Crippen molar-refractivity contribution in [3.05, 3.63) is 206 Å². The Kier molecular flexibility index (Phi) is 8.55. The van der Waals surface area contributed by atoms with Crippen LogP contribution in [0.1, 0.15) is 50.4 Å². The molecule has 0 nitrogen and oxygen atoms in total. The number of benzene rings is 4. The molecule has 12 heteroatoms. The Labute approximate surface area is 311 Å². The average Bonchev–Trinajstić information content (AvgIpc) is 3.15. The summed E-state index contributed by atoms with van der Waals surface area (Å²) in [5.41, 5.74) is -0.405. The van der Waals surface area contributed by atoms with Gasteiger partial charge in [-0.1, -0.05) is 85.0 Å². The first-order chi connectivity index (χ1) is 26.3. The van der Waals surface area contributed by atoms with Gasteiger partial charge in [0.05, 0.1) is 22.3 Å². The van der Waals surface area contributed by atoms with Crippen molar-refractivity contribution in [2.75, 3.05) is 0 Å². The van der Waals surface area contributed by atoms with Crippen molar-refractivity contribution in [2.45, 2.75) is 30.6 Å². The third-order valence-corrected chi connectivity index (χ3v) is 10.3. The molecule has 0 radical (unpaired) electrons. The highest BCUT2D eigenvalue weighted by atomic mass is 19.4. The van der Waals surface area contributed by atoms with Crippen LogP contribution in [-0.2, 0) is 24.7 Å². The predicted molar refractivity (Wildman–Crippen MR) is 187 cm³/mol. The van der Waals surface area contributed by atoms with Crippen molar-refractivity contribution in [1.82, 2.24) is 0 Å². The molecule has 4 aromatic carbocycles. The van der Waals surface area contributed by atoms with Crippen LogP contribution in [0.25, 0.3) is 16.7 Å². The molecule has 56 heavy (non-hydrogen) atoms. The molecule has 0 N–H and O–H groups in total. The summed E-state index contributed by atoms with van der Waals surface area (Å²) in [6.07, 6.45) is -9.31. The monoisotopic (exact) mass is 780 g/mol. The Hall–Kier alpha value is -5.78. The SMILES string of the molecule is FC(F)(F)c1cccc(C2=CC(c3cccc(C(F)(F)F)c3)=C3C=CC4=C5C(=CC=C2C35)C(c2cccc(C(F)(F)F)c2)C=C4c2cccc(C(F)(F)F)c2)c1. The van der Waals surface area contributed by atoms with Gasteiger partial charge >= 0.3 is 24.7 Å². The van der Waals surface area contributed by atoms with E-state index in [1.54, 1.807) is 30.4 Å². The minimum atomic E-state index is -4.74. The summed E-state index contributed by atoms with van der Waals surface area (Å²) in [6, 6.07) is 17.9. The minimum Gasteiger partial charge on any atom is -0.166 e. The maximum absolute atomic E-state index is 14.0. The standard InChI is InChI=1S/C44H24F12/c45-41(46,47)27-9-1-5-23(17-27)35-21-36(24-6-2-10-28(18-24)42(48,49)50)32-15-16-34-38(26-8-4-12-30(20-26)44(54,55)56)22-37(33-14-13-31(35)39(32)40(33)34)25-7-3-11-29(19-25)43(51,52)53/h1-22,35,40H. The molecule has 0 bridgehead atoms. The van der Waals surface area contributed by atoms with Gasteiger partial charge in [-0.15, -0.1) is 0 Å². The summed E-state index contributed by atoms with van der Waals surface area (Å²) < 4.78 is 168. The second-order valence-corrected chi connectivity index (χ2v) is 13.7. The average molecular weight is 781 g/mol. The van der Waals surface area contributed by atoms with Crippen LogP contribution in [0.15, 0.2) is 161 Å². The zero-order chi connectivity index (χ0) is 39.9. The Bertz CT molecular complexity index is 2520. The Morgan fingerprint density at radius 3 is 1.45 bits per heavy atom. The van der Waals surface area contributed by atoms with Gasteiger partial charge in [0.2, 0.25) is 0 Å². The van der Waals surface area contributed by atoms with Crippen LogP contribution >= 0.6 is 0 Å². The molecule has 0 aliphatic heterocycles. The number of alkyl halides is 12. The third-order valence-electron chi connectivity index (χ3n) is 10.3. The lowest BCUT2D eigenvalue weighted by molar-refractivity contribution is -0.138. The lowest BCUT2D eigenvalue weighted by Crippen LogP contribution is -2.27. The summed E-state index contributed by atoms with van der Waals surface area (Å²) in [5, 5.41) is 0. The fourth-order valence-corrected chi connectivity index (χ4v) is 7.86. The van der Waals surface area contributed by atoms with Gasteiger partial charge in [0, 0.05) is 11.8 Å². The molecule has 0 aromatic heterocycles. The molecule has 2 atom stereocenters. The zero-order valence-electron chi connectivity index (χ0n) is 28.4. The minimum absolute atomic E-state index is 0.0991. The van der Waals surface area contributed by atoms with E-state index in [1.165, 1.54) is 54.6 Å². The highest BCUT2D eigenvalue weighted by Crippen LogP contribution is 2.58. The van der Waals surface area contributed by atoms with E-state index < -0.39 is 58.8 Å². The highest BCUT2D eigenvalue weighted by molar-refractivity contribution is 6.01. The van der Waals surface area contributed by atoms with E-state index in [4.69, 9.17) is 0 Å². The second-order valence-electron chi connectivity index (χ2n) is 13.7. The van der Waals surface area contributed by atoms with E-state index in [0.717, 1.165) is 48.5 Å². The van der Waals surface area contributed by atoms with Crippen molar-refractivity contribution in [3.8, 4) is 0 Å². The molecule has 4 aliphatic carbocycles. The van der Waals surface area contributed by atoms with Crippen LogP contribution in [0.4, 0.5) is 52.7 Å². The highest BCUT2D eigenvalue weighted by Gasteiger charge is 2.43. The molecule has 0 amide bonds. The van der Waals surface area contributed by atoms with Crippen LogP contribution < -0.4 is 0 Å². The number of allylic oxidation sites excluding steroid dienone is 14. The molecule has 2 unspecified atom stereocenters. The van der Waals surface area contributed by atoms with E-state index in [0.29, 0.717) is 27.9 Å². The Balaban J connectivity index is 1.41. The van der Waals surface area contributed by atoms with E-state index in [2.05, 4.69) is 0 Å². The molecule has 0 spiro atoms. The first kappa shape index (κ1) is 37.2. The summed E-state index contributed by atoms with van der Waals surface area (Å²) >= 11 is 0. The van der Waals surface area contributed by atoms with Crippen LogP contribution in [0.5, 0.6) is 0 Å². The van der Waals surface area contributed by atoms with Gasteiger partial charge in [-0.3, -0.25) is 0 Å². The molecule has 4 aliphatic rings. The molecular weight excluding hydrogens is 756 g/mol. The fraction of sp³-hybridized carbons (Fsp3) is 0.136. The topological polar surface area (TPSA) is 0 Å². The normalized spacial score (nSPS) is 19.6. The van der Waals surface area contributed by atoms with E-state index in [-0.39, 0.29) is 39.0 Å². The molecule has 0 heterocycles. The molecule has 0 saturated heterocycles. The van der Waals surface area contributed by atoms with Crippen LogP contribution in [0, 0.1) is 5.92 Å². The van der Waals surface area contributed by atoms with Gasteiger partial charge in [0.1, 0.15) is 0 Å². The van der Waals surface area contributed by atoms with Crippen molar-refractivity contribution in [1.29, 1.82) is 0 Å². The van der Waals surface area contributed by atoms with E-state index >= 15 is 0 Å². The molecule has 4 aromatic rings. The Morgan fingerprint density at radius 1 is 0.429 bits per heavy atom. The number of hydrogen-bond donors (Lipinski definition) is 0. The number of hydrogen-bond acceptors (Lipinski definition) is 0. The van der Waals surface area contributed by atoms with Gasteiger partial charge in [-0.25, -0.2) is 0 Å². The summed E-state index contributed by atoms with van der Waals surface area (Å²) in [5.74, 6) is -1.84. The lowest BCUT2D eigenvalue weighted by Gasteiger charge is -2.42. The van der Waals surface area contributed by atoms with E-state index in [1.807, 2.05) is 0 Å². The summed E-state index contributed by atoms with van der Waals surface area (Å²) in [6.45, 7) is 0. The first-order valence-electron chi connectivity index (χ1n) is 17.0. The lowest BCUT2D eigenvalue weighted by atomic mass is 9.60. The molecule has 0 fully saturated rings. The number of halogens is 12. The van der Waals surface area contributed by atoms with Crippen molar-refractivity contribution < 1.29 is 52.7 Å². The summed E-state index contributed by atoms with van der Waals surface area (Å²) in [7, 11) is 0. The maximum Gasteiger partial charge on any atom is 0.416 e. The first-order valence-corrected chi connectivity index (χ1v) is 17.0. The molecule has 8 rings (SSSR count). The largest absolute Gasteiger partial charge is 0.416 e. The van der Waals surface area contributed by atoms with Crippen LogP contribution in [0.2, 0.25) is 0 Å². The fourth-order valence-electron chi connectivity index (χ4n) is 7.86. The van der Waals surface area contributed by atoms with Crippen LogP contribution in [0.3, 0.4) is 0 Å². The van der Waals surface area contributed by atoms with Crippen molar-refractivity contribution >= 4 is 16.7 Å². The quantitative estimate of drug-likeness (QED) is 0.181. The van der Waals surface area contributed by atoms with Crippen molar-refractivity contribution in [3.63, 3.8) is 0 Å². The second kappa shape index (κ2) is 12.9. The van der Waals surface area contributed by atoms with Gasteiger partial charge in [0.25, 0.3) is 0 Å². The van der Waals surface area contributed by atoms with Crippen molar-refractivity contribution in [2.24, 2.45) is 5.92 Å². The molecular formula is C44H24F12. The predicted octanol–water partition coefficient (Wildman–Crippen LogP) is 13.8. The van der Waals surface area contributed by atoms with Gasteiger partial charge in [-0.05, 0) is 115 Å². The summed E-state index contributed by atoms with van der Waals surface area (Å²) in [4.78, 5) is 0. The van der Waals surface area contributed by atoms with Crippen LogP contribution in [-0.4, -0.2) is 0 Å². The van der Waals surface area contributed by atoms with Gasteiger partial charge in [-0.2, -0.15) is 52.7 Å². The third kappa shape index (κ3) is 6.54. The van der Waals surface area contributed by atoms with Gasteiger partial charge < -0.3 is 0 Å². The van der Waals surface area contributed by atoms with E-state index in [9.17, 15) is 52.7 Å².